The molecule has 0 bridgehead atoms. The van der Waals surface area contributed by atoms with Gasteiger partial charge >= 0.3 is 0 Å². The number of rotatable bonds is 7. The molecule has 0 aliphatic carbocycles. The van der Waals surface area contributed by atoms with Crippen LogP contribution < -0.4 is 0 Å². The highest BCUT2D eigenvalue weighted by molar-refractivity contribution is 7.90. The van der Waals surface area contributed by atoms with Gasteiger partial charge in [0, 0.05) is 6.26 Å². The third-order valence-corrected chi connectivity index (χ3v) is 4.41. The summed E-state index contributed by atoms with van der Waals surface area (Å²) < 4.78 is 23.2. The lowest BCUT2D eigenvalue weighted by molar-refractivity contribution is 0.540. The molecule has 1 aromatic rings. The summed E-state index contributed by atoms with van der Waals surface area (Å²) in [5, 5.41) is 0. The second-order valence-electron chi connectivity index (χ2n) is 4.97. The summed E-state index contributed by atoms with van der Waals surface area (Å²) in [4.78, 5) is 0.442. The Kier molecular flexibility index (Phi) is 5.86. The van der Waals surface area contributed by atoms with Gasteiger partial charge in [-0.3, -0.25) is 0 Å². The molecule has 2 nitrogen and oxygen atoms in total. The highest BCUT2D eigenvalue weighted by Crippen LogP contribution is 2.28. The molecule has 1 atom stereocenters. The van der Waals surface area contributed by atoms with Crippen molar-refractivity contribution < 1.29 is 8.42 Å². The fourth-order valence-corrected chi connectivity index (χ4v) is 2.95. The average molecular weight is 268 g/mol. The lowest BCUT2D eigenvalue weighted by Gasteiger charge is -2.17. The van der Waals surface area contributed by atoms with E-state index in [2.05, 4.69) is 19.9 Å². The molecule has 18 heavy (non-hydrogen) atoms. The topological polar surface area (TPSA) is 34.1 Å². The van der Waals surface area contributed by atoms with Gasteiger partial charge in [-0.15, -0.1) is 0 Å². The molecular formula is C15H24O2S. The summed E-state index contributed by atoms with van der Waals surface area (Å²) in [7, 11) is -3.09. The second-order valence-corrected chi connectivity index (χ2v) is 6.99. The van der Waals surface area contributed by atoms with E-state index >= 15 is 0 Å². The molecule has 3 heteroatoms. The van der Waals surface area contributed by atoms with Crippen LogP contribution in [-0.4, -0.2) is 14.7 Å². The largest absolute Gasteiger partial charge is 0.224 e. The summed E-state index contributed by atoms with van der Waals surface area (Å²) in [5.74, 6) is 0.497. The van der Waals surface area contributed by atoms with Gasteiger partial charge in [0.1, 0.15) is 0 Å². The molecule has 0 amide bonds. The second kappa shape index (κ2) is 6.93. The van der Waals surface area contributed by atoms with Crippen LogP contribution in [0.3, 0.4) is 0 Å². The van der Waals surface area contributed by atoms with Crippen molar-refractivity contribution in [2.75, 3.05) is 6.26 Å². The fraction of sp³-hybridized carbons (Fsp3) is 0.600. The molecule has 0 N–H and O–H groups in total. The normalized spacial score (nSPS) is 13.5. The Morgan fingerprint density at radius 1 is 1.11 bits per heavy atom. The van der Waals surface area contributed by atoms with E-state index in [4.69, 9.17) is 0 Å². The predicted octanol–water partition coefficient (Wildman–Crippen LogP) is 4.16. The number of hydrogen-bond acceptors (Lipinski definition) is 2. The first kappa shape index (κ1) is 15.2. The Labute approximate surface area is 111 Å². The SMILES string of the molecule is CCCCC(CCC)c1cccc(S(C)(=O)=O)c1. The van der Waals surface area contributed by atoms with Crippen LogP contribution in [0.25, 0.3) is 0 Å². The first-order valence-corrected chi connectivity index (χ1v) is 8.68. The van der Waals surface area contributed by atoms with Crippen molar-refractivity contribution in [2.24, 2.45) is 0 Å². The van der Waals surface area contributed by atoms with Gasteiger partial charge < -0.3 is 0 Å². The maximum Gasteiger partial charge on any atom is 0.175 e. The zero-order valence-corrected chi connectivity index (χ0v) is 12.5. The minimum atomic E-state index is -3.09. The van der Waals surface area contributed by atoms with Gasteiger partial charge in [-0.25, -0.2) is 8.42 Å². The number of sulfone groups is 1. The Bertz CT molecular complexity index is 463. The van der Waals surface area contributed by atoms with Crippen molar-refractivity contribution >= 4 is 9.84 Å². The highest BCUT2D eigenvalue weighted by atomic mass is 32.2. The minimum Gasteiger partial charge on any atom is -0.224 e. The van der Waals surface area contributed by atoms with Gasteiger partial charge in [0.15, 0.2) is 9.84 Å². The zero-order chi connectivity index (χ0) is 13.6. The molecule has 102 valence electrons. The molecule has 0 fully saturated rings. The quantitative estimate of drug-likeness (QED) is 0.744. The molecule has 0 aliphatic rings. The molecule has 1 aromatic carbocycles. The van der Waals surface area contributed by atoms with Crippen LogP contribution in [0.5, 0.6) is 0 Å². The first-order chi connectivity index (χ1) is 8.49. The van der Waals surface area contributed by atoms with Crippen LogP contribution in [0.15, 0.2) is 29.2 Å². The zero-order valence-electron chi connectivity index (χ0n) is 11.6. The maximum atomic E-state index is 11.6. The van der Waals surface area contributed by atoms with Gasteiger partial charge in [-0.05, 0) is 36.5 Å². The van der Waals surface area contributed by atoms with Crippen molar-refractivity contribution in [3.63, 3.8) is 0 Å². The van der Waals surface area contributed by atoms with Crippen LogP contribution in [-0.2, 0) is 9.84 Å². The van der Waals surface area contributed by atoms with Crippen LogP contribution in [0.4, 0.5) is 0 Å². The van der Waals surface area contributed by atoms with Crippen LogP contribution in [0.2, 0.25) is 0 Å². The monoisotopic (exact) mass is 268 g/mol. The van der Waals surface area contributed by atoms with E-state index in [0.717, 1.165) is 19.3 Å². The molecule has 0 saturated carbocycles. The van der Waals surface area contributed by atoms with E-state index in [9.17, 15) is 8.42 Å². The molecule has 0 heterocycles. The van der Waals surface area contributed by atoms with Crippen molar-refractivity contribution in [3.05, 3.63) is 29.8 Å². The van der Waals surface area contributed by atoms with E-state index in [1.807, 2.05) is 12.1 Å². The van der Waals surface area contributed by atoms with E-state index in [-0.39, 0.29) is 0 Å². The third-order valence-electron chi connectivity index (χ3n) is 3.30. The van der Waals surface area contributed by atoms with Crippen LogP contribution >= 0.6 is 0 Å². The van der Waals surface area contributed by atoms with E-state index in [0.29, 0.717) is 10.8 Å². The van der Waals surface area contributed by atoms with Gasteiger partial charge in [-0.2, -0.15) is 0 Å². The number of hydrogen-bond donors (Lipinski definition) is 0. The Morgan fingerprint density at radius 3 is 2.39 bits per heavy atom. The van der Waals surface area contributed by atoms with Gasteiger partial charge in [0.25, 0.3) is 0 Å². The Morgan fingerprint density at radius 2 is 1.83 bits per heavy atom. The average Bonchev–Trinajstić information content (AvgIpc) is 2.33. The molecule has 0 aliphatic heterocycles. The summed E-state index contributed by atoms with van der Waals surface area (Å²) in [6.45, 7) is 4.37. The Hall–Kier alpha value is -0.830. The summed E-state index contributed by atoms with van der Waals surface area (Å²) in [6.07, 6.45) is 7.08. The first-order valence-electron chi connectivity index (χ1n) is 6.79. The number of benzene rings is 1. The van der Waals surface area contributed by atoms with Crippen LogP contribution in [0.1, 0.15) is 57.4 Å². The van der Waals surface area contributed by atoms with Crippen LogP contribution in [0, 0.1) is 0 Å². The van der Waals surface area contributed by atoms with Crippen molar-refractivity contribution in [1.29, 1.82) is 0 Å². The molecule has 1 rings (SSSR count). The van der Waals surface area contributed by atoms with Crippen molar-refractivity contribution in [2.45, 2.75) is 56.8 Å². The predicted molar refractivity (Wildman–Crippen MR) is 76.7 cm³/mol. The van der Waals surface area contributed by atoms with E-state index < -0.39 is 9.84 Å². The van der Waals surface area contributed by atoms with E-state index in [1.54, 1.807) is 6.07 Å². The van der Waals surface area contributed by atoms with E-state index in [1.165, 1.54) is 24.7 Å². The molecule has 0 radical (unpaired) electrons. The van der Waals surface area contributed by atoms with Gasteiger partial charge in [0.05, 0.1) is 4.90 Å². The van der Waals surface area contributed by atoms with Gasteiger partial charge in [-0.1, -0.05) is 45.2 Å². The molecule has 0 spiro atoms. The highest BCUT2D eigenvalue weighted by Gasteiger charge is 2.13. The summed E-state index contributed by atoms with van der Waals surface area (Å²) in [6, 6.07) is 7.46. The molecule has 0 saturated heterocycles. The molecule has 0 aromatic heterocycles. The van der Waals surface area contributed by atoms with Crippen molar-refractivity contribution in [1.82, 2.24) is 0 Å². The smallest absolute Gasteiger partial charge is 0.175 e. The third kappa shape index (κ3) is 4.45. The minimum absolute atomic E-state index is 0.442. The lowest BCUT2D eigenvalue weighted by atomic mass is 9.90. The summed E-state index contributed by atoms with van der Waals surface area (Å²) in [5.41, 5.74) is 1.17. The lowest BCUT2D eigenvalue weighted by Crippen LogP contribution is -2.02. The fourth-order valence-electron chi connectivity index (χ4n) is 2.28. The maximum absolute atomic E-state index is 11.6. The molecular weight excluding hydrogens is 244 g/mol. The standard InChI is InChI=1S/C15H24O2S/c1-4-6-9-13(8-5-2)14-10-7-11-15(12-14)18(3,16)17/h7,10-13H,4-6,8-9H2,1-3H3. The Balaban J connectivity index is 2.97. The van der Waals surface area contributed by atoms with Crippen molar-refractivity contribution in [3.8, 4) is 0 Å². The molecule has 1 unspecified atom stereocenters. The summed E-state index contributed by atoms with van der Waals surface area (Å²) >= 11 is 0. The number of unbranched alkanes of at least 4 members (excludes halogenated alkanes) is 1. The van der Waals surface area contributed by atoms with Gasteiger partial charge in [0.2, 0.25) is 0 Å².